The maximum absolute atomic E-state index is 12.9. The van der Waals surface area contributed by atoms with Crippen molar-refractivity contribution in [1.29, 1.82) is 0 Å². The van der Waals surface area contributed by atoms with Gasteiger partial charge in [0.15, 0.2) is 15.5 Å². The lowest BCUT2D eigenvalue weighted by Gasteiger charge is -2.25. The van der Waals surface area contributed by atoms with Gasteiger partial charge in [-0.3, -0.25) is 9.48 Å². The van der Waals surface area contributed by atoms with Gasteiger partial charge in [-0.2, -0.15) is 5.10 Å². The fourth-order valence-electron chi connectivity index (χ4n) is 3.79. The van der Waals surface area contributed by atoms with E-state index < -0.39 is 9.84 Å². The molecule has 2 saturated heterocycles. The summed E-state index contributed by atoms with van der Waals surface area (Å²) in [6, 6.07) is 7.66. The molecule has 3 heterocycles. The number of amides is 1. The summed E-state index contributed by atoms with van der Waals surface area (Å²) in [7, 11) is -3.06. The minimum absolute atomic E-state index is 0.0672. The molecule has 8 heteroatoms. The standard InChI is InChI=1S/C20H25N3O4S/c1-14-3-4-16(11-15(14)2)19-12-18(20(24)22-6-8-27-9-7-22)21-23(19)17-5-10-28(25,26)13-17/h3-4,11-12,17H,5-10,13H2,1-2H3/t17-/m0/s1. The van der Waals surface area contributed by atoms with Crippen LogP contribution in [0.1, 0.15) is 34.1 Å². The highest BCUT2D eigenvalue weighted by Gasteiger charge is 2.33. The number of morpholine rings is 1. The van der Waals surface area contributed by atoms with Gasteiger partial charge < -0.3 is 9.64 Å². The Hall–Kier alpha value is -2.19. The molecule has 0 radical (unpaired) electrons. The third-order valence-electron chi connectivity index (χ3n) is 5.61. The van der Waals surface area contributed by atoms with Crippen LogP contribution in [0.5, 0.6) is 0 Å². The summed E-state index contributed by atoms with van der Waals surface area (Å²) in [5, 5.41) is 4.58. The maximum atomic E-state index is 12.9. The predicted molar refractivity (Wildman–Crippen MR) is 106 cm³/mol. The third kappa shape index (κ3) is 3.71. The minimum atomic E-state index is -3.06. The second-order valence-corrected chi connectivity index (χ2v) is 9.85. The van der Waals surface area contributed by atoms with Gasteiger partial charge in [-0.25, -0.2) is 8.42 Å². The lowest BCUT2D eigenvalue weighted by molar-refractivity contribution is 0.0298. The van der Waals surface area contributed by atoms with Crippen LogP contribution < -0.4 is 0 Å². The molecule has 2 aliphatic heterocycles. The fourth-order valence-corrected chi connectivity index (χ4v) is 5.48. The van der Waals surface area contributed by atoms with E-state index in [9.17, 15) is 13.2 Å². The molecular formula is C20H25N3O4S. The van der Waals surface area contributed by atoms with Crippen molar-refractivity contribution in [2.24, 2.45) is 0 Å². The largest absolute Gasteiger partial charge is 0.378 e. The Morgan fingerprint density at radius 1 is 1.14 bits per heavy atom. The molecule has 0 spiro atoms. The van der Waals surface area contributed by atoms with Crippen LogP contribution in [0.3, 0.4) is 0 Å². The first-order chi connectivity index (χ1) is 13.3. The van der Waals surface area contributed by atoms with Gasteiger partial charge in [0.05, 0.1) is 36.5 Å². The number of benzene rings is 1. The highest BCUT2D eigenvalue weighted by Crippen LogP contribution is 2.31. The van der Waals surface area contributed by atoms with Crippen molar-refractivity contribution in [3.8, 4) is 11.3 Å². The molecule has 1 amide bonds. The number of carbonyl (C=O) groups excluding carboxylic acids is 1. The Labute approximate surface area is 165 Å². The van der Waals surface area contributed by atoms with E-state index in [1.165, 1.54) is 5.56 Å². The Morgan fingerprint density at radius 2 is 1.89 bits per heavy atom. The van der Waals surface area contributed by atoms with Crippen LogP contribution in [0.15, 0.2) is 24.3 Å². The van der Waals surface area contributed by atoms with Gasteiger partial charge in [-0.05, 0) is 43.5 Å². The molecule has 7 nitrogen and oxygen atoms in total. The van der Waals surface area contributed by atoms with E-state index >= 15 is 0 Å². The smallest absolute Gasteiger partial charge is 0.274 e. The predicted octanol–water partition coefficient (Wildman–Crippen LogP) is 2.00. The van der Waals surface area contributed by atoms with Gasteiger partial charge in [-0.15, -0.1) is 0 Å². The Morgan fingerprint density at radius 3 is 2.54 bits per heavy atom. The first kappa shape index (κ1) is 19.1. The molecule has 1 aromatic carbocycles. The molecule has 2 aliphatic rings. The van der Waals surface area contributed by atoms with Crippen LogP contribution in [0.4, 0.5) is 0 Å². The maximum Gasteiger partial charge on any atom is 0.274 e. The van der Waals surface area contributed by atoms with Gasteiger partial charge in [0, 0.05) is 18.7 Å². The fraction of sp³-hybridized carbons (Fsp3) is 0.500. The molecule has 28 heavy (non-hydrogen) atoms. The molecule has 4 rings (SSSR count). The van der Waals surface area contributed by atoms with Crippen LogP contribution in [-0.2, 0) is 14.6 Å². The Bertz CT molecular complexity index is 1010. The van der Waals surface area contributed by atoms with E-state index in [2.05, 4.69) is 11.2 Å². The SMILES string of the molecule is Cc1ccc(-c2cc(C(=O)N3CCOCC3)nn2[C@H]2CCS(=O)(=O)C2)cc1C. The number of rotatable bonds is 3. The first-order valence-corrected chi connectivity index (χ1v) is 11.4. The topological polar surface area (TPSA) is 81.5 Å². The van der Waals surface area contributed by atoms with Gasteiger partial charge in [0.25, 0.3) is 5.91 Å². The summed E-state index contributed by atoms with van der Waals surface area (Å²) < 4.78 is 31.1. The van der Waals surface area contributed by atoms with Crippen molar-refractivity contribution in [2.75, 3.05) is 37.8 Å². The van der Waals surface area contributed by atoms with Crippen molar-refractivity contribution in [2.45, 2.75) is 26.3 Å². The molecule has 1 atom stereocenters. The molecule has 0 unspecified atom stereocenters. The highest BCUT2D eigenvalue weighted by atomic mass is 32.2. The average molecular weight is 404 g/mol. The van der Waals surface area contributed by atoms with Crippen molar-refractivity contribution >= 4 is 15.7 Å². The van der Waals surface area contributed by atoms with E-state index in [0.29, 0.717) is 38.4 Å². The van der Waals surface area contributed by atoms with E-state index in [1.807, 2.05) is 26.0 Å². The number of hydrogen-bond donors (Lipinski definition) is 0. The third-order valence-corrected chi connectivity index (χ3v) is 7.36. The molecule has 0 N–H and O–H groups in total. The number of ether oxygens (including phenoxy) is 1. The number of hydrogen-bond acceptors (Lipinski definition) is 5. The second kappa shape index (κ2) is 7.33. The first-order valence-electron chi connectivity index (χ1n) is 9.59. The number of aromatic nitrogens is 2. The summed E-state index contributed by atoms with van der Waals surface area (Å²) in [5.41, 5.74) is 4.43. The number of nitrogens with zero attached hydrogens (tertiary/aromatic N) is 3. The zero-order chi connectivity index (χ0) is 19.9. The summed E-state index contributed by atoms with van der Waals surface area (Å²) in [4.78, 5) is 14.7. The van der Waals surface area contributed by atoms with Crippen LogP contribution >= 0.6 is 0 Å². The zero-order valence-electron chi connectivity index (χ0n) is 16.2. The van der Waals surface area contributed by atoms with E-state index in [1.54, 1.807) is 15.6 Å². The molecular weight excluding hydrogens is 378 g/mol. The van der Waals surface area contributed by atoms with Gasteiger partial charge >= 0.3 is 0 Å². The summed E-state index contributed by atoms with van der Waals surface area (Å²) in [6.45, 7) is 6.23. The van der Waals surface area contributed by atoms with Crippen molar-refractivity contribution in [1.82, 2.24) is 14.7 Å². The number of carbonyl (C=O) groups is 1. The Kier molecular flexibility index (Phi) is 5.01. The van der Waals surface area contributed by atoms with E-state index in [-0.39, 0.29) is 23.5 Å². The lowest BCUT2D eigenvalue weighted by Crippen LogP contribution is -2.40. The lowest BCUT2D eigenvalue weighted by atomic mass is 10.0. The molecule has 0 bridgehead atoms. The average Bonchev–Trinajstić information content (AvgIpc) is 3.27. The Balaban J connectivity index is 1.75. The van der Waals surface area contributed by atoms with Crippen molar-refractivity contribution < 1.29 is 17.9 Å². The molecule has 1 aromatic heterocycles. The monoisotopic (exact) mass is 403 g/mol. The number of sulfone groups is 1. The number of aryl methyl sites for hydroxylation is 2. The van der Waals surface area contributed by atoms with Crippen molar-refractivity contribution in [3.05, 3.63) is 41.1 Å². The quantitative estimate of drug-likeness (QED) is 0.783. The van der Waals surface area contributed by atoms with Gasteiger partial charge in [-0.1, -0.05) is 12.1 Å². The van der Waals surface area contributed by atoms with E-state index in [0.717, 1.165) is 16.8 Å². The van der Waals surface area contributed by atoms with Crippen LogP contribution in [-0.4, -0.2) is 66.8 Å². The van der Waals surface area contributed by atoms with Crippen LogP contribution in [0.25, 0.3) is 11.3 Å². The normalized spacial score (nSPS) is 21.8. The second-order valence-electron chi connectivity index (χ2n) is 7.62. The molecule has 150 valence electrons. The van der Waals surface area contributed by atoms with Gasteiger partial charge in [0.1, 0.15) is 0 Å². The van der Waals surface area contributed by atoms with Crippen molar-refractivity contribution in [3.63, 3.8) is 0 Å². The summed E-state index contributed by atoms with van der Waals surface area (Å²) in [5.74, 6) is 0.0990. The van der Waals surface area contributed by atoms with Gasteiger partial charge in [0.2, 0.25) is 0 Å². The molecule has 0 aliphatic carbocycles. The zero-order valence-corrected chi connectivity index (χ0v) is 17.0. The van der Waals surface area contributed by atoms with Crippen LogP contribution in [0.2, 0.25) is 0 Å². The highest BCUT2D eigenvalue weighted by molar-refractivity contribution is 7.91. The minimum Gasteiger partial charge on any atom is -0.378 e. The molecule has 2 fully saturated rings. The molecule has 0 saturated carbocycles. The van der Waals surface area contributed by atoms with E-state index in [4.69, 9.17) is 4.74 Å². The summed E-state index contributed by atoms with van der Waals surface area (Å²) >= 11 is 0. The molecule has 2 aromatic rings. The summed E-state index contributed by atoms with van der Waals surface area (Å²) in [6.07, 6.45) is 0.521. The van der Waals surface area contributed by atoms with Crippen LogP contribution in [0, 0.1) is 13.8 Å².